The van der Waals surface area contributed by atoms with Crippen molar-refractivity contribution >= 4 is 5.97 Å². The largest absolute Gasteiger partial charge is 0.491 e. The number of nitrogens with one attached hydrogen (secondary N) is 1. The third-order valence-corrected chi connectivity index (χ3v) is 1.93. The standard InChI is InChI=1S/C12H17NO3/c1-9(2)16-11-6-4-3-5-10(11)7-13-8-12(14)15/h3-6,9,13H,7-8H2,1-2H3,(H,14,15). The van der Waals surface area contributed by atoms with Gasteiger partial charge in [0.05, 0.1) is 12.6 Å². The fourth-order valence-electron chi connectivity index (χ4n) is 1.32. The Labute approximate surface area is 95.2 Å². The minimum Gasteiger partial charge on any atom is -0.491 e. The Hall–Kier alpha value is -1.55. The molecule has 4 heteroatoms. The van der Waals surface area contributed by atoms with Gasteiger partial charge < -0.3 is 15.2 Å². The van der Waals surface area contributed by atoms with Gasteiger partial charge in [-0.2, -0.15) is 0 Å². The van der Waals surface area contributed by atoms with E-state index >= 15 is 0 Å². The van der Waals surface area contributed by atoms with E-state index in [9.17, 15) is 4.79 Å². The summed E-state index contributed by atoms with van der Waals surface area (Å²) in [6.45, 7) is 4.37. The predicted molar refractivity (Wildman–Crippen MR) is 61.5 cm³/mol. The van der Waals surface area contributed by atoms with Crippen LogP contribution in [0.3, 0.4) is 0 Å². The molecule has 0 aliphatic carbocycles. The summed E-state index contributed by atoms with van der Waals surface area (Å²) in [7, 11) is 0. The number of rotatable bonds is 6. The number of carbonyl (C=O) groups is 1. The Morgan fingerprint density at radius 2 is 2.12 bits per heavy atom. The highest BCUT2D eigenvalue weighted by Gasteiger charge is 2.05. The highest BCUT2D eigenvalue weighted by molar-refractivity contribution is 5.69. The zero-order chi connectivity index (χ0) is 12.0. The molecule has 0 saturated carbocycles. The summed E-state index contributed by atoms with van der Waals surface area (Å²) < 4.78 is 5.62. The van der Waals surface area contributed by atoms with Crippen LogP contribution < -0.4 is 10.1 Å². The summed E-state index contributed by atoms with van der Waals surface area (Å²) in [6.07, 6.45) is 0.112. The number of aliphatic carboxylic acids is 1. The van der Waals surface area contributed by atoms with Crippen molar-refractivity contribution in [1.29, 1.82) is 0 Å². The van der Waals surface area contributed by atoms with Gasteiger partial charge in [0.25, 0.3) is 0 Å². The number of hydrogen-bond donors (Lipinski definition) is 2. The lowest BCUT2D eigenvalue weighted by Crippen LogP contribution is -2.22. The molecule has 0 saturated heterocycles. The Morgan fingerprint density at radius 3 is 2.75 bits per heavy atom. The summed E-state index contributed by atoms with van der Waals surface area (Å²) in [5.41, 5.74) is 0.970. The lowest BCUT2D eigenvalue weighted by atomic mass is 10.2. The van der Waals surface area contributed by atoms with Crippen LogP contribution in [0.4, 0.5) is 0 Å². The van der Waals surface area contributed by atoms with Crippen LogP contribution in [-0.4, -0.2) is 23.7 Å². The van der Waals surface area contributed by atoms with Gasteiger partial charge in [-0.25, -0.2) is 0 Å². The third kappa shape index (κ3) is 4.31. The lowest BCUT2D eigenvalue weighted by molar-refractivity contribution is -0.136. The van der Waals surface area contributed by atoms with Crippen LogP contribution in [0.15, 0.2) is 24.3 Å². The molecule has 0 aromatic heterocycles. The average Bonchev–Trinajstić information content (AvgIpc) is 2.19. The molecule has 2 N–H and O–H groups in total. The summed E-state index contributed by atoms with van der Waals surface area (Å²) in [6, 6.07) is 7.62. The summed E-state index contributed by atoms with van der Waals surface area (Å²) in [4.78, 5) is 10.4. The summed E-state index contributed by atoms with van der Waals surface area (Å²) in [5, 5.41) is 11.3. The molecular weight excluding hydrogens is 206 g/mol. The molecule has 0 fully saturated rings. The van der Waals surface area contributed by atoms with Gasteiger partial charge in [0.1, 0.15) is 5.75 Å². The van der Waals surface area contributed by atoms with Gasteiger partial charge in [-0.3, -0.25) is 4.79 Å². The zero-order valence-corrected chi connectivity index (χ0v) is 9.56. The van der Waals surface area contributed by atoms with Crippen LogP contribution in [0.1, 0.15) is 19.4 Å². The molecule has 88 valence electrons. The van der Waals surface area contributed by atoms with E-state index in [1.807, 2.05) is 38.1 Å². The number of hydrogen-bond acceptors (Lipinski definition) is 3. The van der Waals surface area contributed by atoms with Crippen LogP contribution in [0.2, 0.25) is 0 Å². The Bertz CT molecular complexity index is 350. The van der Waals surface area contributed by atoms with E-state index in [1.54, 1.807) is 0 Å². The predicted octanol–water partition coefficient (Wildman–Crippen LogP) is 1.65. The van der Waals surface area contributed by atoms with Crippen LogP contribution in [0, 0.1) is 0 Å². The first-order chi connectivity index (χ1) is 7.59. The first-order valence-electron chi connectivity index (χ1n) is 5.26. The van der Waals surface area contributed by atoms with E-state index in [2.05, 4.69) is 5.32 Å². The van der Waals surface area contributed by atoms with E-state index in [1.165, 1.54) is 0 Å². The smallest absolute Gasteiger partial charge is 0.317 e. The average molecular weight is 223 g/mol. The lowest BCUT2D eigenvalue weighted by Gasteiger charge is -2.14. The molecule has 4 nitrogen and oxygen atoms in total. The molecule has 16 heavy (non-hydrogen) atoms. The molecule has 0 spiro atoms. The van der Waals surface area contributed by atoms with E-state index in [0.717, 1.165) is 11.3 Å². The van der Waals surface area contributed by atoms with Crippen molar-refractivity contribution in [3.8, 4) is 5.75 Å². The van der Waals surface area contributed by atoms with E-state index < -0.39 is 5.97 Å². The highest BCUT2D eigenvalue weighted by atomic mass is 16.5. The molecule has 0 heterocycles. The first-order valence-corrected chi connectivity index (χ1v) is 5.26. The number of carboxylic acid groups (broad SMARTS) is 1. The van der Waals surface area contributed by atoms with Crippen molar-refractivity contribution in [2.24, 2.45) is 0 Å². The van der Waals surface area contributed by atoms with E-state index in [4.69, 9.17) is 9.84 Å². The maximum atomic E-state index is 10.4. The maximum Gasteiger partial charge on any atom is 0.317 e. The van der Waals surface area contributed by atoms with E-state index in [0.29, 0.717) is 6.54 Å². The van der Waals surface area contributed by atoms with Crippen LogP contribution in [0.5, 0.6) is 5.75 Å². The van der Waals surface area contributed by atoms with Crippen LogP contribution in [0.25, 0.3) is 0 Å². The summed E-state index contributed by atoms with van der Waals surface area (Å²) in [5.74, 6) is -0.0577. The second kappa shape index (κ2) is 6.12. The second-order valence-electron chi connectivity index (χ2n) is 3.77. The zero-order valence-electron chi connectivity index (χ0n) is 9.56. The molecule has 1 aromatic carbocycles. The van der Waals surface area contributed by atoms with Gasteiger partial charge in [-0.15, -0.1) is 0 Å². The molecule has 0 radical (unpaired) electrons. The van der Waals surface area contributed by atoms with Crippen LogP contribution >= 0.6 is 0 Å². The van der Waals surface area contributed by atoms with Crippen LogP contribution in [-0.2, 0) is 11.3 Å². The van der Waals surface area contributed by atoms with Crippen molar-refractivity contribution in [3.63, 3.8) is 0 Å². The first kappa shape index (κ1) is 12.5. The quantitative estimate of drug-likeness (QED) is 0.769. The van der Waals surface area contributed by atoms with Crippen molar-refractivity contribution in [2.75, 3.05) is 6.54 Å². The molecular formula is C12H17NO3. The molecule has 0 aliphatic rings. The van der Waals surface area contributed by atoms with Crippen molar-refractivity contribution < 1.29 is 14.6 Å². The second-order valence-corrected chi connectivity index (χ2v) is 3.77. The van der Waals surface area contributed by atoms with Gasteiger partial charge in [-0.1, -0.05) is 18.2 Å². The number of ether oxygens (including phenoxy) is 1. The Balaban J connectivity index is 2.60. The maximum absolute atomic E-state index is 10.4. The van der Waals surface area contributed by atoms with Crippen molar-refractivity contribution in [3.05, 3.63) is 29.8 Å². The molecule has 0 atom stereocenters. The Morgan fingerprint density at radius 1 is 1.44 bits per heavy atom. The molecule has 0 amide bonds. The fraction of sp³-hybridized carbons (Fsp3) is 0.417. The number of benzene rings is 1. The minimum atomic E-state index is -0.859. The molecule has 0 unspecified atom stereocenters. The van der Waals surface area contributed by atoms with Gasteiger partial charge in [0.15, 0.2) is 0 Å². The van der Waals surface area contributed by atoms with Gasteiger partial charge in [-0.05, 0) is 19.9 Å². The highest BCUT2D eigenvalue weighted by Crippen LogP contribution is 2.18. The van der Waals surface area contributed by atoms with Crippen molar-refractivity contribution in [1.82, 2.24) is 5.32 Å². The topological polar surface area (TPSA) is 58.6 Å². The fourth-order valence-corrected chi connectivity index (χ4v) is 1.32. The minimum absolute atomic E-state index is 0.0456. The SMILES string of the molecule is CC(C)Oc1ccccc1CNCC(=O)O. The van der Waals surface area contributed by atoms with E-state index in [-0.39, 0.29) is 12.6 Å². The number of para-hydroxylation sites is 1. The summed E-state index contributed by atoms with van der Waals surface area (Å²) >= 11 is 0. The van der Waals surface area contributed by atoms with Gasteiger partial charge in [0, 0.05) is 12.1 Å². The Kier molecular flexibility index (Phi) is 4.79. The number of carboxylic acids is 1. The molecule has 0 aliphatic heterocycles. The molecule has 1 rings (SSSR count). The van der Waals surface area contributed by atoms with Crippen molar-refractivity contribution in [2.45, 2.75) is 26.5 Å². The normalized spacial score (nSPS) is 10.4. The monoisotopic (exact) mass is 223 g/mol. The molecule has 0 bridgehead atoms. The molecule has 1 aromatic rings. The third-order valence-electron chi connectivity index (χ3n) is 1.93. The van der Waals surface area contributed by atoms with Gasteiger partial charge >= 0.3 is 5.97 Å². The van der Waals surface area contributed by atoms with Gasteiger partial charge in [0.2, 0.25) is 0 Å².